The Bertz CT molecular complexity index is 772. The summed E-state index contributed by atoms with van der Waals surface area (Å²) >= 11 is 0. The van der Waals surface area contributed by atoms with E-state index in [0.717, 1.165) is 24.3 Å². The molecule has 9 heteroatoms. The molecular formula is C13H10F3NO3S2. The van der Waals surface area contributed by atoms with Crippen molar-refractivity contribution in [3.05, 3.63) is 54.6 Å². The van der Waals surface area contributed by atoms with Gasteiger partial charge in [-0.05, 0) is 36.4 Å². The van der Waals surface area contributed by atoms with Gasteiger partial charge in [0.25, 0.3) is 10.0 Å². The van der Waals surface area contributed by atoms with Crippen LogP contribution in [0.3, 0.4) is 0 Å². The van der Waals surface area contributed by atoms with E-state index in [1.54, 1.807) is 18.2 Å². The van der Waals surface area contributed by atoms with Crippen molar-refractivity contribution < 1.29 is 25.8 Å². The molecule has 0 saturated carbocycles. The van der Waals surface area contributed by atoms with Gasteiger partial charge >= 0.3 is 5.51 Å². The first kappa shape index (κ1) is 16.5. The molecule has 0 amide bonds. The van der Waals surface area contributed by atoms with Crippen molar-refractivity contribution in [2.45, 2.75) is 15.3 Å². The molecule has 0 aliphatic rings. The Morgan fingerprint density at radius 2 is 1.45 bits per heavy atom. The number of nitrogens with one attached hydrogen (secondary N) is 1. The Kier molecular flexibility index (Phi) is 4.57. The van der Waals surface area contributed by atoms with Gasteiger partial charge in [0, 0.05) is 10.6 Å². The second kappa shape index (κ2) is 6.09. The van der Waals surface area contributed by atoms with E-state index in [4.69, 9.17) is 0 Å². The Morgan fingerprint density at radius 1 is 0.909 bits per heavy atom. The molecule has 2 aromatic carbocycles. The minimum atomic E-state index is -4.86. The zero-order chi connectivity index (χ0) is 16.4. The minimum Gasteiger partial charge on any atom is -0.280 e. The molecular weight excluding hydrogens is 339 g/mol. The number of hydrogen-bond acceptors (Lipinski definition) is 3. The molecule has 4 nitrogen and oxygen atoms in total. The summed E-state index contributed by atoms with van der Waals surface area (Å²) in [6, 6.07) is 11.7. The number of hydrogen-bond donors (Lipinski definition) is 1. The maximum absolute atomic E-state index is 12.3. The lowest BCUT2D eigenvalue weighted by molar-refractivity contribution is -0.0384. The normalized spacial score (nSPS) is 13.6. The molecule has 0 radical (unpaired) electrons. The number of halogens is 3. The highest BCUT2D eigenvalue weighted by atomic mass is 32.2. The van der Waals surface area contributed by atoms with Crippen LogP contribution < -0.4 is 4.72 Å². The predicted molar refractivity (Wildman–Crippen MR) is 76.2 cm³/mol. The van der Waals surface area contributed by atoms with Gasteiger partial charge in [0.15, 0.2) is 10.8 Å². The van der Waals surface area contributed by atoms with E-state index in [1.807, 2.05) is 0 Å². The number of anilines is 1. The highest BCUT2D eigenvalue weighted by molar-refractivity contribution is 7.92. The molecule has 0 bridgehead atoms. The second-order valence-electron chi connectivity index (χ2n) is 4.16. The number of sulfonamides is 1. The summed E-state index contributed by atoms with van der Waals surface area (Å²) in [6.07, 6.45) is 0. The van der Waals surface area contributed by atoms with E-state index in [1.165, 1.54) is 12.1 Å². The van der Waals surface area contributed by atoms with Crippen molar-refractivity contribution in [2.75, 3.05) is 4.72 Å². The first-order valence-electron chi connectivity index (χ1n) is 5.87. The zero-order valence-corrected chi connectivity index (χ0v) is 12.5. The van der Waals surface area contributed by atoms with Crippen LogP contribution in [0.2, 0.25) is 0 Å². The number of rotatable bonds is 4. The predicted octanol–water partition coefficient (Wildman–Crippen LogP) is 3.11. The Hall–Kier alpha value is -1.87. The number of alkyl halides is 3. The van der Waals surface area contributed by atoms with Crippen molar-refractivity contribution in [3.8, 4) is 0 Å². The lowest BCUT2D eigenvalue weighted by atomic mass is 10.3. The Balaban J connectivity index is 2.21. The fourth-order valence-corrected chi connectivity index (χ4v) is 3.32. The van der Waals surface area contributed by atoms with Crippen LogP contribution in [0.25, 0.3) is 0 Å². The lowest BCUT2D eigenvalue weighted by Crippen LogP contribution is -2.16. The average molecular weight is 349 g/mol. The van der Waals surface area contributed by atoms with Crippen LogP contribution in [0.1, 0.15) is 0 Å². The summed E-state index contributed by atoms with van der Waals surface area (Å²) < 4.78 is 74.4. The van der Waals surface area contributed by atoms with Crippen LogP contribution in [0, 0.1) is 0 Å². The first-order chi connectivity index (χ1) is 10.2. The molecule has 1 N–H and O–H groups in total. The van der Waals surface area contributed by atoms with E-state index >= 15 is 0 Å². The van der Waals surface area contributed by atoms with Crippen molar-refractivity contribution in [1.82, 2.24) is 0 Å². The minimum absolute atomic E-state index is 0.0259. The highest BCUT2D eigenvalue weighted by Crippen LogP contribution is 2.27. The van der Waals surface area contributed by atoms with Gasteiger partial charge < -0.3 is 0 Å². The van der Waals surface area contributed by atoms with Gasteiger partial charge in [-0.15, -0.1) is 0 Å². The first-order valence-corrected chi connectivity index (χ1v) is 8.50. The third kappa shape index (κ3) is 3.86. The summed E-state index contributed by atoms with van der Waals surface area (Å²) in [5.41, 5.74) is -4.78. The second-order valence-corrected chi connectivity index (χ2v) is 7.31. The monoisotopic (exact) mass is 349 g/mol. The molecule has 0 spiro atoms. The summed E-state index contributed by atoms with van der Waals surface area (Å²) in [6.45, 7) is 0. The molecule has 2 rings (SSSR count). The van der Waals surface area contributed by atoms with Crippen LogP contribution in [0.5, 0.6) is 0 Å². The molecule has 0 aliphatic carbocycles. The van der Waals surface area contributed by atoms with Gasteiger partial charge in [0.05, 0.1) is 4.90 Å². The summed E-state index contributed by atoms with van der Waals surface area (Å²) in [5, 5.41) is 0. The summed E-state index contributed by atoms with van der Waals surface area (Å²) in [5.74, 6) is 0. The molecule has 0 aromatic heterocycles. The maximum Gasteiger partial charge on any atom is 0.475 e. The van der Waals surface area contributed by atoms with Gasteiger partial charge in [-0.25, -0.2) is 12.6 Å². The summed E-state index contributed by atoms with van der Waals surface area (Å²) in [7, 11) is -6.97. The van der Waals surface area contributed by atoms with Gasteiger partial charge in [0.1, 0.15) is 0 Å². The van der Waals surface area contributed by atoms with Crippen molar-refractivity contribution in [2.24, 2.45) is 0 Å². The molecule has 1 unspecified atom stereocenters. The molecule has 0 heterocycles. The quantitative estimate of drug-likeness (QED) is 0.922. The Morgan fingerprint density at radius 3 is 1.95 bits per heavy atom. The molecule has 0 fully saturated rings. The van der Waals surface area contributed by atoms with Crippen molar-refractivity contribution in [3.63, 3.8) is 0 Å². The van der Waals surface area contributed by atoms with Crippen LogP contribution >= 0.6 is 0 Å². The fraction of sp³-hybridized carbons (Fsp3) is 0.0769. The standard InChI is InChI=1S/C13H10F3NO3S2/c14-13(15,16)21(18)11-8-6-10(7-9-11)17-22(19,20)12-4-2-1-3-5-12/h1-9,17H. The van der Waals surface area contributed by atoms with E-state index in [0.29, 0.717) is 0 Å². The lowest BCUT2D eigenvalue weighted by Gasteiger charge is -2.09. The van der Waals surface area contributed by atoms with E-state index in [9.17, 15) is 25.8 Å². The Labute approximate surface area is 127 Å². The molecule has 22 heavy (non-hydrogen) atoms. The highest BCUT2D eigenvalue weighted by Gasteiger charge is 2.37. The largest absolute Gasteiger partial charge is 0.475 e. The van der Waals surface area contributed by atoms with Gasteiger partial charge in [-0.3, -0.25) is 4.72 Å². The molecule has 118 valence electrons. The van der Waals surface area contributed by atoms with Crippen molar-refractivity contribution in [1.29, 1.82) is 0 Å². The third-order valence-electron chi connectivity index (χ3n) is 2.58. The molecule has 0 saturated heterocycles. The third-order valence-corrected chi connectivity index (χ3v) is 5.10. The average Bonchev–Trinajstić information content (AvgIpc) is 2.47. The molecule has 0 aliphatic heterocycles. The van der Waals surface area contributed by atoms with E-state index in [2.05, 4.69) is 4.72 Å². The SMILES string of the molecule is O=S(c1ccc(NS(=O)(=O)c2ccccc2)cc1)C(F)(F)F. The van der Waals surface area contributed by atoms with E-state index in [-0.39, 0.29) is 10.6 Å². The topological polar surface area (TPSA) is 63.2 Å². The van der Waals surface area contributed by atoms with Gasteiger partial charge in [0.2, 0.25) is 0 Å². The fourth-order valence-electron chi connectivity index (χ4n) is 1.59. The molecule has 1 atom stereocenters. The van der Waals surface area contributed by atoms with Gasteiger partial charge in [-0.2, -0.15) is 13.2 Å². The van der Waals surface area contributed by atoms with Crippen molar-refractivity contribution >= 4 is 26.5 Å². The van der Waals surface area contributed by atoms with Gasteiger partial charge in [-0.1, -0.05) is 18.2 Å². The maximum atomic E-state index is 12.3. The van der Waals surface area contributed by atoms with Crippen LogP contribution in [-0.4, -0.2) is 18.1 Å². The molecule has 2 aromatic rings. The van der Waals surface area contributed by atoms with Crippen LogP contribution in [0.15, 0.2) is 64.4 Å². The number of benzene rings is 2. The van der Waals surface area contributed by atoms with Crippen LogP contribution in [-0.2, 0) is 20.8 Å². The summed E-state index contributed by atoms with van der Waals surface area (Å²) in [4.78, 5) is -0.423. The zero-order valence-electron chi connectivity index (χ0n) is 10.9. The van der Waals surface area contributed by atoms with Crippen LogP contribution in [0.4, 0.5) is 18.9 Å². The van der Waals surface area contributed by atoms with E-state index < -0.39 is 31.2 Å². The smallest absolute Gasteiger partial charge is 0.280 e.